The topological polar surface area (TPSA) is 57.8 Å². The lowest BCUT2D eigenvalue weighted by molar-refractivity contribution is -0.125. The highest BCUT2D eigenvalue weighted by atomic mass is 16.1. The summed E-state index contributed by atoms with van der Waals surface area (Å²) < 4.78 is 0. The van der Waals surface area contributed by atoms with Crippen LogP contribution in [0.1, 0.15) is 17.8 Å². The van der Waals surface area contributed by atoms with Crippen LogP contribution >= 0.6 is 0 Å². The third-order valence-corrected chi connectivity index (χ3v) is 2.78. The number of H-pyrrole nitrogens is 1. The van der Waals surface area contributed by atoms with Gasteiger partial charge in [-0.25, -0.2) is 4.98 Å². The summed E-state index contributed by atoms with van der Waals surface area (Å²) in [5.74, 6) is 0.202. The molecule has 0 fully saturated rings. The average molecular weight is 205 g/mol. The molecule has 1 heterocycles. The van der Waals surface area contributed by atoms with Crippen molar-refractivity contribution in [3.63, 3.8) is 0 Å². The van der Waals surface area contributed by atoms with Gasteiger partial charge in [0.05, 0.1) is 12.0 Å². The second-order valence-electron chi connectivity index (χ2n) is 3.80. The Kier molecular flexibility index (Phi) is 2.85. The predicted molar refractivity (Wildman–Crippen MR) is 57.3 cm³/mol. The molecule has 4 nitrogen and oxygen atoms in total. The zero-order valence-electron chi connectivity index (χ0n) is 8.62. The zero-order chi connectivity index (χ0) is 10.7. The van der Waals surface area contributed by atoms with Gasteiger partial charge in [-0.05, 0) is 12.8 Å². The Labute approximate surface area is 88.8 Å². The number of aromatic nitrogens is 2. The monoisotopic (exact) mass is 205 g/mol. The molecule has 0 saturated carbocycles. The summed E-state index contributed by atoms with van der Waals surface area (Å²) in [5, 5.41) is 2.83. The Morgan fingerprint density at radius 1 is 1.80 bits per heavy atom. The molecule has 1 aromatic heterocycles. The van der Waals surface area contributed by atoms with Crippen LogP contribution in [0.15, 0.2) is 19.0 Å². The maximum atomic E-state index is 11.7. The second kappa shape index (κ2) is 4.29. The Morgan fingerprint density at radius 2 is 2.67 bits per heavy atom. The standard InChI is InChI=1S/C11H15N3O/c1-2-5-12-11(15)8-3-4-9-10(6-8)14-7-13-9/h2,7-8H,1,3-6H2,(H,12,15)(H,13,14). The number of aromatic amines is 1. The van der Waals surface area contributed by atoms with Gasteiger partial charge < -0.3 is 10.3 Å². The molecule has 1 aliphatic rings. The number of amides is 1. The first-order valence-electron chi connectivity index (χ1n) is 5.21. The van der Waals surface area contributed by atoms with Crippen LogP contribution in [0.25, 0.3) is 0 Å². The van der Waals surface area contributed by atoms with Crippen LogP contribution in [0, 0.1) is 5.92 Å². The van der Waals surface area contributed by atoms with Crippen LogP contribution < -0.4 is 5.32 Å². The van der Waals surface area contributed by atoms with E-state index < -0.39 is 0 Å². The lowest BCUT2D eigenvalue weighted by Crippen LogP contribution is -2.34. The number of aryl methyl sites for hydroxylation is 1. The zero-order valence-corrected chi connectivity index (χ0v) is 8.62. The number of fused-ring (bicyclic) bond motifs is 1. The van der Waals surface area contributed by atoms with Gasteiger partial charge in [0.2, 0.25) is 5.91 Å². The molecule has 0 bridgehead atoms. The molecule has 0 radical (unpaired) electrons. The molecule has 0 spiro atoms. The minimum atomic E-state index is 0.0814. The van der Waals surface area contributed by atoms with E-state index in [1.54, 1.807) is 12.4 Å². The highest BCUT2D eigenvalue weighted by molar-refractivity contribution is 5.79. The molecule has 80 valence electrons. The van der Waals surface area contributed by atoms with E-state index in [2.05, 4.69) is 21.9 Å². The molecule has 0 saturated heterocycles. The average Bonchev–Trinajstić information content (AvgIpc) is 2.72. The molecule has 2 N–H and O–H groups in total. The summed E-state index contributed by atoms with van der Waals surface area (Å²) in [6.07, 6.45) is 5.96. The Balaban J connectivity index is 1.97. The molecule has 1 amide bonds. The first-order chi connectivity index (χ1) is 7.31. The number of hydrogen-bond donors (Lipinski definition) is 2. The van der Waals surface area contributed by atoms with Crippen LogP contribution in [0.5, 0.6) is 0 Å². The lowest BCUT2D eigenvalue weighted by atomic mass is 9.89. The highest BCUT2D eigenvalue weighted by Gasteiger charge is 2.25. The molecular weight excluding hydrogens is 190 g/mol. The number of carbonyl (C=O) groups excluding carboxylic acids is 1. The van der Waals surface area contributed by atoms with Crippen molar-refractivity contribution >= 4 is 5.91 Å². The lowest BCUT2D eigenvalue weighted by Gasteiger charge is -2.20. The summed E-state index contributed by atoms with van der Waals surface area (Å²) >= 11 is 0. The van der Waals surface area contributed by atoms with E-state index in [-0.39, 0.29) is 11.8 Å². The van der Waals surface area contributed by atoms with Crippen molar-refractivity contribution in [2.75, 3.05) is 6.54 Å². The van der Waals surface area contributed by atoms with Crippen molar-refractivity contribution in [3.05, 3.63) is 30.4 Å². The van der Waals surface area contributed by atoms with Gasteiger partial charge in [-0.3, -0.25) is 4.79 Å². The molecule has 1 unspecified atom stereocenters. The molecule has 2 rings (SSSR count). The van der Waals surface area contributed by atoms with Crippen LogP contribution in [0.3, 0.4) is 0 Å². The number of hydrogen-bond acceptors (Lipinski definition) is 2. The van der Waals surface area contributed by atoms with Gasteiger partial charge >= 0.3 is 0 Å². The van der Waals surface area contributed by atoms with Crippen LogP contribution in [-0.2, 0) is 17.6 Å². The number of rotatable bonds is 3. The highest BCUT2D eigenvalue weighted by Crippen LogP contribution is 2.22. The summed E-state index contributed by atoms with van der Waals surface area (Å²) in [6, 6.07) is 0. The molecule has 15 heavy (non-hydrogen) atoms. The fourth-order valence-electron chi connectivity index (χ4n) is 1.94. The maximum absolute atomic E-state index is 11.7. The SMILES string of the molecule is C=CCNC(=O)C1CCc2nc[nH]c2C1. The van der Waals surface area contributed by atoms with Crippen molar-refractivity contribution in [2.45, 2.75) is 19.3 Å². The molecule has 0 aliphatic heterocycles. The van der Waals surface area contributed by atoms with E-state index in [9.17, 15) is 4.79 Å². The Hall–Kier alpha value is -1.58. The van der Waals surface area contributed by atoms with Crippen LogP contribution in [-0.4, -0.2) is 22.4 Å². The number of nitrogens with zero attached hydrogens (tertiary/aromatic N) is 1. The Morgan fingerprint density at radius 3 is 3.47 bits per heavy atom. The molecular formula is C11H15N3O. The molecule has 1 atom stereocenters. The van der Waals surface area contributed by atoms with Gasteiger partial charge in [0.15, 0.2) is 0 Å². The van der Waals surface area contributed by atoms with E-state index in [1.165, 1.54) is 0 Å². The van der Waals surface area contributed by atoms with Crippen molar-refractivity contribution in [3.8, 4) is 0 Å². The third kappa shape index (κ3) is 2.09. The molecule has 1 aromatic rings. The minimum absolute atomic E-state index is 0.0814. The first kappa shape index (κ1) is 9.96. The Bertz CT molecular complexity index is 370. The fraction of sp³-hybridized carbons (Fsp3) is 0.455. The second-order valence-corrected chi connectivity index (χ2v) is 3.80. The molecule has 1 aliphatic carbocycles. The molecule has 0 aromatic carbocycles. The van der Waals surface area contributed by atoms with Crippen LogP contribution in [0.2, 0.25) is 0 Å². The number of carbonyl (C=O) groups is 1. The smallest absolute Gasteiger partial charge is 0.223 e. The van der Waals surface area contributed by atoms with Gasteiger partial charge in [0.25, 0.3) is 0 Å². The van der Waals surface area contributed by atoms with E-state index in [0.29, 0.717) is 6.54 Å². The quantitative estimate of drug-likeness (QED) is 0.718. The number of nitrogens with one attached hydrogen (secondary N) is 2. The van der Waals surface area contributed by atoms with Crippen molar-refractivity contribution in [2.24, 2.45) is 5.92 Å². The van der Waals surface area contributed by atoms with Gasteiger partial charge in [-0.1, -0.05) is 6.08 Å². The van der Waals surface area contributed by atoms with E-state index >= 15 is 0 Å². The largest absolute Gasteiger partial charge is 0.352 e. The van der Waals surface area contributed by atoms with E-state index in [4.69, 9.17) is 0 Å². The fourth-order valence-corrected chi connectivity index (χ4v) is 1.94. The van der Waals surface area contributed by atoms with Gasteiger partial charge in [0, 0.05) is 24.6 Å². The summed E-state index contributed by atoms with van der Waals surface area (Å²) in [6.45, 7) is 4.12. The first-order valence-corrected chi connectivity index (χ1v) is 5.21. The maximum Gasteiger partial charge on any atom is 0.223 e. The van der Waals surface area contributed by atoms with E-state index in [0.717, 1.165) is 30.7 Å². The van der Waals surface area contributed by atoms with Gasteiger partial charge in [-0.15, -0.1) is 6.58 Å². The van der Waals surface area contributed by atoms with E-state index in [1.807, 2.05) is 0 Å². The molecule has 4 heteroatoms. The van der Waals surface area contributed by atoms with Crippen molar-refractivity contribution < 1.29 is 4.79 Å². The third-order valence-electron chi connectivity index (χ3n) is 2.78. The van der Waals surface area contributed by atoms with Crippen LogP contribution in [0.4, 0.5) is 0 Å². The predicted octanol–water partition coefficient (Wildman–Crippen LogP) is 0.817. The summed E-state index contributed by atoms with van der Waals surface area (Å²) in [4.78, 5) is 19.0. The van der Waals surface area contributed by atoms with Gasteiger partial charge in [-0.2, -0.15) is 0 Å². The minimum Gasteiger partial charge on any atom is -0.352 e. The van der Waals surface area contributed by atoms with Gasteiger partial charge in [0.1, 0.15) is 0 Å². The summed E-state index contributed by atoms with van der Waals surface area (Å²) in [5.41, 5.74) is 2.22. The van der Waals surface area contributed by atoms with Crippen molar-refractivity contribution in [1.29, 1.82) is 0 Å². The van der Waals surface area contributed by atoms with Crippen molar-refractivity contribution in [1.82, 2.24) is 15.3 Å². The normalized spacial score (nSPS) is 19.3. The number of imidazole rings is 1. The summed E-state index contributed by atoms with van der Waals surface area (Å²) in [7, 11) is 0.